The molecule has 3 rings (SSSR count). The van der Waals surface area contributed by atoms with Crippen LogP contribution in [0, 0.1) is 5.82 Å². The number of halogens is 1. The molecule has 0 saturated carbocycles. The van der Waals surface area contributed by atoms with Crippen molar-refractivity contribution < 1.29 is 8.81 Å². The van der Waals surface area contributed by atoms with Crippen molar-refractivity contribution in [3.63, 3.8) is 0 Å². The molecule has 15 heavy (non-hydrogen) atoms. The third-order valence-corrected chi connectivity index (χ3v) is 2.92. The Bertz CT molecular complexity index is 504. The smallest absolute Gasteiger partial charge is 0.137 e. The summed E-state index contributed by atoms with van der Waals surface area (Å²) in [6.07, 6.45) is 1.86. The first-order valence-electron chi connectivity index (χ1n) is 5.25. The van der Waals surface area contributed by atoms with E-state index in [9.17, 15) is 4.39 Å². The average Bonchev–Trinajstić information content (AvgIpc) is 2.42. The second-order valence-corrected chi connectivity index (χ2v) is 3.89. The molecule has 1 aromatic heterocycles. The van der Waals surface area contributed by atoms with Crippen molar-refractivity contribution in [3.8, 4) is 0 Å². The number of fused-ring (bicyclic) bond motifs is 3. The molecule has 0 unspecified atom stereocenters. The first kappa shape index (κ1) is 8.92. The van der Waals surface area contributed by atoms with Crippen molar-refractivity contribution in [1.82, 2.24) is 5.32 Å². The predicted octanol–water partition coefficient (Wildman–Crippen LogP) is 2.26. The number of rotatable bonds is 0. The quantitative estimate of drug-likeness (QED) is 0.713. The van der Waals surface area contributed by atoms with Gasteiger partial charge in [-0.25, -0.2) is 4.39 Å². The average molecular weight is 205 g/mol. The Morgan fingerprint density at radius 3 is 3.00 bits per heavy atom. The van der Waals surface area contributed by atoms with Gasteiger partial charge in [0, 0.05) is 30.0 Å². The molecule has 1 aliphatic heterocycles. The van der Waals surface area contributed by atoms with E-state index in [1.54, 1.807) is 0 Å². The van der Waals surface area contributed by atoms with E-state index in [4.69, 9.17) is 4.42 Å². The summed E-state index contributed by atoms with van der Waals surface area (Å²) in [5, 5.41) is 4.39. The minimum Gasteiger partial charge on any atom is -0.461 e. The monoisotopic (exact) mass is 205 g/mol. The molecule has 3 heteroatoms. The van der Waals surface area contributed by atoms with Crippen LogP contribution in [0.2, 0.25) is 0 Å². The summed E-state index contributed by atoms with van der Waals surface area (Å²) in [5.74, 6) is 0.783. The second kappa shape index (κ2) is 3.35. The van der Waals surface area contributed by atoms with Gasteiger partial charge >= 0.3 is 0 Å². The van der Waals surface area contributed by atoms with Crippen molar-refractivity contribution in [1.29, 1.82) is 0 Å². The number of hydrogen-bond acceptors (Lipinski definition) is 2. The normalized spacial score (nSPS) is 16.3. The molecule has 0 bridgehead atoms. The Morgan fingerprint density at radius 2 is 2.07 bits per heavy atom. The summed E-state index contributed by atoms with van der Waals surface area (Å²) in [6.45, 7) is 1.91. The summed E-state index contributed by atoms with van der Waals surface area (Å²) >= 11 is 0. The Morgan fingerprint density at radius 1 is 1.20 bits per heavy atom. The SMILES string of the molecule is Fc1ccc2c3c(oc2c1)CCNCC3. The van der Waals surface area contributed by atoms with Crippen LogP contribution >= 0.6 is 0 Å². The van der Waals surface area contributed by atoms with Crippen molar-refractivity contribution in [2.24, 2.45) is 0 Å². The van der Waals surface area contributed by atoms with Crippen molar-refractivity contribution in [2.75, 3.05) is 13.1 Å². The summed E-state index contributed by atoms with van der Waals surface area (Å²) in [5.41, 5.74) is 1.93. The third kappa shape index (κ3) is 1.43. The number of nitrogens with one attached hydrogen (secondary N) is 1. The standard InChI is InChI=1S/C12H12FNO/c13-8-1-2-9-10-3-5-14-6-4-11(10)15-12(9)7-8/h1-2,7,14H,3-6H2. The number of furan rings is 1. The molecule has 2 heterocycles. The Balaban J connectivity index is 2.23. The summed E-state index contributed by atoms with van der Waals surface area (Å²) in [4.78, 5) is 0. The fraction of sp³-hybridized carbons (Fsp3) is 0.333. The van der Waals surface area contributed by atoms with E-state index in [0.717, 1.165) is 37.1 Å². The highest BCUT2D eigenvalue weighted by Crippen LogP contribution is 2.28. The molecule has 0 amide bonds. The van der Waals surface area contributed by atoms with Crippen molar-refractivity contribution in [2.45, 2.75) is 12.8 Å². The van der Waals surface area contributed by atoms with E-state index in [1.165, 1.54) is 17.7 Å². The van der Waals surface area contributed by atoms with Crippen LogP contribution in [0.3, 0.4) is 0 Å². The highest BCUT2D eigenvalue weighted by molar-refractivity contribution is 5.82. The number of benzene rings is 1. The minimum absolute atomic E-state index is 0.232. The van der Waals surface area contributed by atoms with Gasteiger partial charge in [0.1, 0.15) is 17.2 Å². The Labute approximate surface area is 87.1 Å². The fourth-order valence-electron chi connectivity index (χ4n) is 2.19. The minimum atomic E-state index is -0.232. The first-order chi connectivity index (χ1) is 7.34. The van der Waals surface area contributed by atoms with Gasteiger partial charge in [-0.05, 0) is 25.1 Å². The Kier molecular flexibility index (Phi) is 1.99. The molecule has 0 atom stereocenters. The molecular formula is C12H12FNO. The molecule has 2 nitrogen and oxygen atoms in total. The van der Waals surface area contributed by atoms with E-state index in [-0.39, 0.29) is 5.82 Å². The lowest BCUT2D eigenvalue weighted by Crippen LogP contribution is -2.16. The van der Waals surface area contributed by atoms with Crippen LogP contribution in [0.5, 0.6) is 0 Å². The summed E-state index contributed by atoms with van der Waals surface area (Å²) in [6, 6.07) is 4.78. The molecule has 1 aromatic carbocycles. The molecule has 0 radical (unpaired) electrons. The lowest BCUT2D eigenvalue weighted by Gasteiger charge is -1.96. The predicted molar refractivity (Wildman–Crippen MR) is 56.4 cm³/mol. The molecule has 0 fully saturated rings. The largest absolute Gasteiger partial charge is 0.461 e. The summed E-state index contributed by atoms with van der Waals surface area (Å²) < 4.78 is 18.7. The van der Waals surface area contributed by atoms with E-state index in [2.05, 4.69) is 5.32 Å². The van der Waals surface area contributed by atoms with Crippen LogP contribution in [-0.2, 0) is 12.8 Å². The molecule has 0 aliphatic carbocycles. The molecule has 0 saturated heterocycles. The first-order valence-corrected chi connectivity index (χ1v) is 5.25. The maximum Gasteiger partial charge on any atom is 0.137 e. The van der Waals surface area contributed by atoms with E-state index in [0.29, 0.717) is 5.58 Å². The second-order valence-electron chi connectivity index (χ2n) is 3.89. The molecule has 1 aliphatic rings. The van der Waals surface area contributed by atoms with E-state index in [1.807, 2.05) is 6.07 Å². The highest BCUT2D eigenvalue weighted by atomic mass is 19.1. The zero-order valence-corrected chi connectivity index (χ0v) is 8.35. The van der Waals surface area contributed by atoms with Gasteiger partial charge in [0.15, 0.2) is 0 Å². The molecular weight excluding hydrogens is 193 g/mol. The van der Waals surface area contributed by atoms with Gasteiger partial charge < -0.3 is 9.73 Å². The van der Waals surface area contributed by atoms with E-state index >= 15 is 0 Å². The topological polar surface area (TPSA) is 25.2 Å². The van der Waals surface area contributed by atoms with Gasteiger partial charge in [-0.3, -0.25) is 0 Å². The van der Waals surface area contributed by atoms with E-state index < -0.39 is 0 Å². The highest BCUT2D eigenvalue weighted by Gasteiger charge is 2.16. The molecule has 1 N–H and O–H groups in total. The third-order valence-electron chi connectivity index (χ3n) is 2.92. The van der Waals surface area contributed by atoms with Gasteiger partial charge in [-0.1, -0.05) is 0 Å². The van der Waals surface area contributed by atoms with Crippen LogP contribution in [0.4, 0.5) is 4.39 Å². The maximum absolute atomic E-state index is 13.0. The fourth-order valence-corrected chi connectivity index (χ4v) is 2.19. The van der Waals surface area contributed by atoms with Gasteiger partial charge in [-0.15, -0.1) is 0 Å². The van der Waals surface area contributed by atoms with Gasteiger partial charge in [0.2, 0.25) is 0 Å². The van der Waals surface area contributed by atoms with Crippen molar-refractivity contribution >= 4 is 11.0 Å². The summed E-state index contributed by atoms with van der Waals surface area (Å²) in [7, 11) is 0. The zero-order valence-electron chi connectivity index (χ0n) is 8.35. The molecule has 78 valence electrons. The van der Waals surface area contributed by atoms with Crippen LogP contribution in [-0.4, -0.2) is 13.1 Å². The lowest BCUT2D eigenvalue weighted by atomic mass is 10.1. The number of hydrogen-bond donors (Lipinski definition) is 1. The van der Waals surface area contributed by atoms with Crippen LogP contribution in [0.25, 0.3) is 11.0 Å². The van der Waals surface area contributed by atoms with Crippen LogP contribution < -0.4 is 5.32 Å². The Hall–Kier alpha value is -1.35. The van der Waals surface area contributed by atoms with Gasteiger partial charge in [0.05, 0.1) is 0 Å². The van der Waals surface area contributed by atoms with Crippen LogP contribution in [0.15, 0.2) is 22.6 Å². The zero-order chi connectivity index (χ0) is 10.3. The van der Waals surface area contributed by atoms with Crippen molar-refractivity contribution in [3.05, 3.63) is 35.3 Å². The van der Waals surface area contributed by atoms with Gasteiger partial charge in [0.25, 0.3) is 0 Å². The molecule has 0 spiro atoms. The molecule has 2 aromatic rings. The van der Waals surface area contributed by atoms with Crippen LogP contribution in [0.1, 0.15) is 11.3 Å². The van der Waals surface area contributed by atoms with Gasteiger partial charge in [-0.2, -0.15) is 0 Å². The maximum atomic E-state index is 13.0. The lowest BCUT2D eigenvalue weighted by molar-refractivity contribution is 0.538.